The molecule has 4 nitrogen and oxygen atoms in total. The van der Waals surface area contributed by atoms with Crippen LogP contribution in [0.1, 0.15) is 130 Å². The lowest BCUT2D eigenvalue weighted by molar-refractivity contribution is -0.158. The third-order valence-corrected chi connectivity index (χ3v) is 6.63. The number of carbonyl (C=O) groups excluding carboxylic acids is 1. The zero-order valence-corrected chi connectivity index (χ0v) is 20.0. The Morgan fingerprint density at radius 1 is 0.767 bits per heavy atom. The second-order valence-corrected chi connectivity index (χ2v) is 9.89. The molecule has 0 heterocycles. The van der Waals surface area contributed by atoms with Crippen molar-refractivity contribution in [2.75, 3.05) is 0 Å². The molecular formula is C26H48O4. The fraction of sp³-hybridized carbons (Fsp3) is 0.923. The Hall–Kier alpha value is -1.06. The summed E-state index contributed by atoms with van der Waals surface area (Å²) in [5.74, 6) is -0.375. The van der Waals surface area contributed by atoms with Gasteiger partial charge < -0.3 is 9.84 Å². The number of hydrogen-bond acceptors (Lipinski definition) is 3. The molecule has 30 heavy (non-hydrogen) atoms. The first-order valence-electron chi connectivity index (χ1n) is 12.9. The largest absolute Gasteiger partial charge is 0.481 e. The lowest BCUT2D eigenvalue weighted by atomic mass is 9.82. The fourth-order valence-electron chi connectivity index (χ4n) is 4.53. The van der Waals surface area contributed by atoms with Crippen LogP contribution >= 0.6 is 0 Å². The van der Waals surface area contributed by atoms with Crippen LogP contribution in [0.3, 0.4) is 0 Å². The highest BCUT2D eigenvalue weighted by molar-refractivity contribution is 5.74. The molecule has 0 aromatic rings. The molecule has 1 atom stereocenters. The molecule has 0 aliphatic heterocycles. The Labute approximate surface area is 185 Å². The first-order chi connectivity index (χ1) is 14.4. The van der Waals surface area contributed by atoms with Gasteiger partial charge in [0.2, 0.25) is 0 Å². The first kappa shape index (κ1) is 27.0. The molecule has 0 radical (unpaired) electrons. The zero-order chi connectivity index (χ0) is 22.2. The third-order valence-electron chi connectivity index (χ3n) is 6.63. The van der Waals surface area contributed by atoms with Gasteiger partial charge in [-0.25, -0.2) is 0 Å². The van der Waals surface area contributed by atoms with Crippen molar-refractivity contribution in [2.24, 2.45) is 17.8 Å². The summed E-state index contributed by atoms with van der Waals surface area (Å²) in [7, 11) is 0. The maximum atomic E-state index is 12.7. The Morgan fingerprint density at radius 2 is 1.23 bits per heavy atom. The average molecular weight is 425 g/mol. The van der Waals surface area contributed by atoms with E-state index in [1.807, 2.05) is 0 Å². The van der Waals surface area contributed by atoms with Crippen molar-refractivity contribution in [3.63, 3.8) is 0 Å². The van der Waals surface area contributed by atoms with E-state index in [2.05, 4.69) is 20.8 Å². The molecule has 1 saturated carbocycles. The minimum atomic E-state index is -0.722. The molecule has 0 spiro atoms. The van der Waals surface area contributed by atoms with E-state index in [-0.39, 0.29) is 23.9 Å². The van der Waals surface area contributed by atoms with Gasteiger partial charge in [-0.2, -0.15) is 0 Å². The van der Waals surface area contributed by atoms with Crippen molar-refractivity contribution in [3.05, 3.63) is 0 Å². The Balaban J connectivity index is 2.34. The molecule has 0 bridgehead atoms. The van der Waals surface area contributed by atoms with Crippen LogP contribution in [0.25, 0.3) is 0 Å². The van der Waals surface area contributed by atoms with Crippen LogP contribution in [0.15, 0.2) is 0 Å². The smallest absolute Gasteiger partial charge is 0.309 e. The van der Waals surface area contributed by atoms with Crippen molar-refractivity contribution >= 4 is 11.9 Å². The molecular weight excluding hydrogens is 376 g/mol. The van der Waals surface area contributed by atoms with Crippen LogP contribution in [-0.4, -0.2) is 23.1 Å². The van der Waals surface area contributed by atoms with E-state index in [4.69, 9.17) is 9.84 Å². The van der Waals surface area contributed by atoms with Crippen LogP contribution in [0.5, 0.6) is 0 Å². The summed E-state index contributed by atoms with van der Waals surface area (Å²) in [6.07, 6.45) is 18.3. The molecule has 4 heteroatoms. The van der Waals surface area contributed by atoms with Crippen LogP contribution in [0.4, 0.5) is 0 Å². The highest BCUT2D eigenvalue weighted by Crippen LogP contribution is 2.30. The number of aliphatic carboxylic acids is 1. The molecule has 0 aromatic carbocycles. The van der Waals surface area contributed by atoms with Gasteiger partial charge in [0.25, 0.3) is 0 Å². The second-order valence-electron chi connectivity index (χ2n) is 9.89. The summed E-state index contributed by atoms with van der Waals surface area (Å²) in [6, 6.07) is 0. The minimum absolute atomic E-state index is 0.0481. The Kier molecular flexibility index (Phi) is 14.9. The van der Waals surface area contributed by atoms with Crippen LogP contribution < -0.4 is 0 Å². The van der Waals surface area contributed by atoms with E-state index >= 15 is 0 Å². The highest BCUT2D eigenvalue weighted by atomic mass is 16.5. The Morgan fingerprint density at radius 3 is 1.73 bits per heavy atom. The molecule has 1 aliphatic rings. The molecule has 0 amide bonds. The number of unbranched alkanes of at least 4 members (excludes halogenated alkanes) is 8. The van der Waals surface area contributed by atoms with Crippen LogP contribution in [0, 0.1) is 17.8 Å². The average Bonchev–Trinajstić information content (AvgIpc) is 2.72. The standard InChI is InChI=1S/C26H48O4/c1-4-5-6-8-12-15-24(16-13-10-7-9-11-14-21(2)3)30-26(29)23-19-17-22(18-20-23)25(27)28/h21-24H,4-20H2,1-3H3,(H,27,28). The van der Waals surface area contributed by atoms with Gasteiger partial charge in [-0.15, -0.1) is 0 Å². The topological polar surface area (TPSA) is 63.6 Å². The molecule has 1 unspecified atom stereocenters. The van der Waals surface area contributed by atoms with Crippen LogP contribution in [0.2, 0.25) is 0 Å². The molecule has 176 valence electrons. The molecule has 1 N–H and O–H groups in total. The summed E-state index contributed by atoms with van der Waals surface area (Å²) >= 11 is 0. The molecule has 1 rings (SSSR count). The van der Waals surface area contributed by atoms with Gasteiger partial charge in [-0.3, -0.25) is 9.59 Å². The SMILES string of the molecule is CCCCCCCC(CCCCCCCC(C)C)OC(=O)C1CCC(C(=O)O)CC1. The summed E-state index contributed by atoms with van der Waals surface area (Å²) in [5, 5.41) is 9.15. The lowest BCUT2D eigenvalue weighted by Crippen LogP contribution is -2.29. The van der Waals surface area contributed by atoms with Gasteiger partial charge in [-0.05, 0) is 57.3 Å². The van der Waals surface area contributed by atoms with Crippen molar-refractivity contribution in [2.45, 2.75) is 136 Å². The van der Waals surface area contributed by atoms with E-state index in [0.29, 0.717) is 25.7 Å². The number of carboxylic acids is 1. The first-order valence-corrected chi connectivity index (χ1v) is 12.9. The maximum Gasteiger partial charge on any atom is 0.309 e. The lowest BCUT2D eigenvalue weighted by Gasteiger charge is -2.27. The van der Waals surface area contributed by atoms with Crippen molar-refractivity contribution in [1.82, 2.24) is 0 Å². The summed E-state index contributed by atoms with van der Waals surface area (Å²) < 4.78 is 5.97. The number of carboxylic acid groups (broad SMARTS) is 1. The number of rotatable bonds is 17. The second kappa shape index (κ2) is 16.6. The van der Waals surface area contributed by atoms with Crippen molar-refractivity contribution in [3.8, 4) is 0 Å². The number of carbonyl (C=O) groups is 2. The molecule has 0 aromatic heterocycles. The van der Waals surface area contributed by atoms with E-state index in [0.717, 1.165) is 31.6 Å². The van der Waals surface area contributed by atoms with E-state index in [1.165, 1.54) is 57.8 Å². The summed E-state index contributed by atoms with van der Waals surface area (Å²) in [4.78, 5) is 23.8. The zero-order valence-electron chi connectivity index (χ0n) is 20.0. The van der Waals surface area contributed by atoms with Gasteiger partial charge >= 0.3 is 11.9 Å². The normalized spacial score (nSPS) is 20.3. The quantitative estimate of drug-likeness (QED) is 0.193. The monoisotopic (exact) mass is 424 g/mol. The third kappa shape index (κ3) is 12.6. The predicted molar refractivity (Wildman–Crippen MR) is 123 cm³/mol. The summed E-state index contributed by atoms with van der Waals surface area (Å²) in [5.41, 5.74) is 0. The van der Waals surface area contributed by atoms with E-state index in [9.17, 15) is 9.59 Å². The van der Waals surface area contributed by atoms with Crippen molar-refractivity contribution < 1.29 is 19.4 Å². The van der Waals surface area contributed by atoms with Gasteiger partial charge in [-0.1, -0.05) is 78.6 Å². The maximum absolute atomic E-state index is 12.7. The number of hydrogen-bond donors (Lipinski definition) is 1. The molecule has 0 saturated heterocycles. The predicted octanol–water partition coefficient (Wildman–Crippen LogP) is 7.54. The minimum Gasteiger partial charge on any atom is -0.481 e. The summed E-state index contributed by atoms with van der Waals surface area (Å²) in [6.45, 7) is 6.80. The fourth-order valence-corrected chi connectivity index (χ4v) is 4.53. The van der Waals surface area contributed by atoms with Gasteiger partial charge in [0, 0.05) is 0 Å². The van der Waals surface area contributed by atoms with Crippen LogP contribution in [-0.2, 0) is 14.3 Å². The molecule has 1 aliphatic carbocycles. The highest BCUT2D eigenvalue weighted by Gasteiger charge is 2.31. The number of ether oxygens (including phenoxy) is 1. The van der Waals surface area contributed by atoms with E-state index < -0.39 is 5.97 Å². The van der Waals surface area contributed by atoms with E-state index in [1.54, 1.807) is 0 Å². The van der Waals surface area contributed by atoms with Gasteiger partial charge in [0.15, 0.2) is 0 Å². The number of esters is 1. The van der Waals surface area contributed by atoms with Gasteiger partial charge in [0.1, 0.15) is 6.10 Å². The van der Waals surface area contributed by atoms with Gasteiger partial charge in [0.05, 0.1) is 11.8 Å². The molecule has 1 fully saturated rings. The van der Waals surface area contributed by atoms with Crippen molar-refractivity contribution in [1.29, 1.82) is 0 Å². The Bertz CT molecular complexity index is 452.